The van der Waals surface area contributed by atoms with Gasteiger partial charge in [0.05, 0.1) is 5.56 Å². The lowest BCUT2D eigenvalue weighted by atomic mass is 10.1. The van der Waals surface area contributed by atoms with Gasteiger partial charge < -0.3 is 21.1 Å². The Hall–Kier alpha value is -4.00. The third kappa shape index (κ3) is 7.26. The van der Waals surface area contributed by atoms with E-state index < -0.39 is 17.5 Å². The van der Waals surface area contributed by atoms with Crippen LogP contribution >= 0.6 is 15.9 Å². The number of primary amides is 1. The molecule has 1 heterocycles. The van der Waals surface area contributed by atoms with Gasteiger partial charge in [-0.25, -0.2) is 8.78 Å². The first-order valence-electron chi connectivity index (χ1n) is 11.2. The predicted octanol–water partition coefficient (Wildman–Crippen LogP) is 4.68. The number of benzene rings is 3. The molecule has 0 bridgehead atoms. The Balaban J connectivity index is 0.000000220. The van der Waals surface area contributed by atoms with E-state index in [9.17, 15) is 18.4 Å². The highest BCUT2D eigenvalue weighted by atomic mass is 79.9. The fourth-order valence-corrected chi connectivity index (χ4v) is 3.88. The monoisotopic (exact) mass is 567 g/mol. The zero-order chi connectivity index (χ0) is 26.9. The van der Waals surface area contributed by atoms with E-state index in [4.69, 9.17) is 10.8 Å². The molecular formula is C28H24BrF2N3O3. The van der Waals surface area contributed by atoms with Gasteiger partial charge in [-0.1, -0.05) is 11.8 Å². The molecule has 0 unspecified atom stereocenters. The number of aromatic amines is 1. The summed E-state index contributed by atoms with van der Waals surface area (Å²) in [5.74, 6) is 3.61. The molecule has 3 aromatic carbocycles. The van der Waals surface area contributed by atoms with Crippen LogP contribution in [0.5, 0.6) is 0 Å². The molecule has 0 saturated heterocycles. The standard InChI is InChI=1S/C17H13BrN2O2.C11H11F2NO/c1-20-17(22)13-7-4-11(5-8-13)2-3-12-6-9-15(18)14(10-12)16(19)21;12-9-4-8-7(2-1-3-15)6-14-11(8)5-10(9)13/h4-10H,1H3,(H2,19,21)(H,20,22);4-6,14-15H,1-3H2. The second-order valence-corrected chi connectivity index (χ2v) is 8.77. The minimum Gasteiger partial charge on any atom is -0.396 e. The van der Waals surface area contributed by atoms with Gasteiger partial charge >= 0.3 is 0 Å². The van der Waals surface area contributed by atoms with Crippen molar-refractivity contribution in [2.24, 2.45) is 5.73 Å². The van der Waals surface area contributed by atoms with Gasteiger partial charge in [-0.2, -0.15) is 0 Å². The van der Waals surface area contributed by atoms with Crippen LogP contribution in [0, 0.1) is 23.5 Å². The largest absolute Gasteiger partial charge is 0.396 e. The molecule has 0 aliphatic carbocycles. The molecule has 0 radical (unpaired) electrons. The second kappa shape index (κ2) is 12.8. The number of hydrogen-bond donors (Lipinski definition) is 4. The molecule has 4 aromatic rings. The summed E-state index contributed by atoms with van der Waals surface area (Å²) in [6.07, 6.45) is 2.99. The zero-order valence-electron chi connectivity index (χ0n) is 19.9. The molecule has 0 atom stereocenters. The Morgan fingerprint density at radius 2 is 1.68 bits per heavy atom. The van der Waals surface area contributed by atoms with Gasteiger partial charge in [0.25, 0.3) is 5.91 Å². The lowest BCUT2D eigenvalue weighted by Crippen LogP contribution is -2.17. The number of H-pyrrole nitrogens is 1. The number of rotatable bonds is 5. The lowest BCUT2D eigenvalue weighted by molar-refractivity contribution is 0.0961. The molecule has 37 heavy (non-hydrogen) atoms. The van der Waals surface area contributed by atoms with Crippen molar-refractivity contribution in [2.75, 3.05) is 13.7 Å². The van der Waals surface area contributed by atoms with E-state index in [-0.39, 0.29) is 12.5 Å². The number of fused-ring (bicyclic) bond motifs is 1. The van der Waals surface area contributed by atoms with Crippen LogP contribution in [0.1, 0.15) is 43.8 Å². The number of aliphatic hydroxyl groups is 1. The van der Waals surface area contributed by atoms with Crippen LogP contribution in [-0.4, -0.2) is 35.6 Å². The summed E-state index contributed by atoms with van der Waals surface area (Å²) >= 11 is 3.27. The molecule has 1 aromatic heterocycles. The maximum Gasteiger partial charge on any atom is 0.251 e. The Bertz CT molecular complexity index is 1490. The average molecular weight is 568 g/mol. The van der Waals surface area contributed by atoms with Crippen molar-refractivity contribution in [3.05, 3.63) is 105 Å². The van der Waals surface area contributed by atoms with Crippen molar-refractivity contribution in [1.82, 2.24) is 10.3 Å². The number of aryl methyl sites for hydroxylation is 1. The van der Waals surface area contributed by atoms with Crippen molar-refractivity contribution in [3.63, 3.8) is 0 Å². The van der Waals surface area contributed by atoms with E-state index in [1.807, 2.05) is 0 Å². The Labute approximate surface area is 221 Å². The van der Waals surface area contributed by atoms with Crippen LogP contribution in [0.15, 0.2) is 65.3 Å². The number of aromatic nitrogens is 1. The first-order chi connectivity index (χ1) is 17.7. The third-order valence-corrected chi connectivity index (χ3v) is 6.06. The SMILES string of the molecule is CNC(=O)c1ccc(C#Cc2ccc(Br)c(C(N)=O)c2)cc1.OCCCc1c[nH]c2cc(F)c(F)cc12. The summed E-state index contributed by atoms with van der Waals surface area (Å²) < 4.78 is 26.5. The summed E-state index contributed by atoms with van der Waals surface area (Å²) in [6, 6.07) is 14.5. The summed E-state index contributed by atoms with van der Waals surface area (Å²) in [5, 5.41) is 11.9. The van der Waals surface area contributed by atoms with Crippen molar-refractivity contribution in [2.45, 2.75) is 12.8 Å². The molecule has 9 heteroatoms. The van der Waals surface area contributed by atoms with Gasteiger partial charge in [0.15, 0.2) is 11.6 Å². The molecule has 190 valence electrons. The van der Waals surface area contributed by atoms with Crippen LogP contribution in [0.2, 0.25) is 0 Å². The number of nitrogens with one attached hydrogen (secondary N) is 2. The van der Waals surface area contributed by atoms with E-state index in [1.54, 1.807) is 55.7 Å². The minimum atomic E-state index is -0.849. The van der Waals surface area contributed by atoms with Gasteiger partial charge in [-0.3, -0.25) is 9.59 Å². The van der Waals surface area contributed by atoms with Gasteiger partial charge in [-0.15, -0.1) is 0 Å². The molecule has 4 rings (SSSR count). The highest BCUT2D eigenvalue weighted by molar-refractivity contribution is 9.10. The topological polar surface area (TPSA) is 108 Å². The summed E-state index contributed by atoms with van der Waals surface area (Å²) in [7, 11) is 1.58. The molecule has 0 fully saturated rings. The molecule has 0 saturated carbocycles. The molecular weight excluding hydrogens is 544 g/mol. The fraction of sp³-hybridized carbons (Fsp3) is 0.143. The summed E-state index contributed by atoms with van der Waals surface area (Å²) in [4.78, 5) is 25.6. The van der Waals surface area contributed by atoms with E-state index in [2.05, 4.69) is 38.1 Å². The van der Waals surface area contributed by atoms with Gasteiger partial charge in [-0.05, 0) is 82.9 Å². The molecule has 0 spiro atoms. The number of amides is 2. The van der Waals surface area contributed by atoms with Crippen LogP contribution < -0.4 is 11.1 Å². The number of carbonyl (C=O) groups is 2. The Kier molecular flexibility index (Phi) is 9.55. The normalized spacial score (nSPS) is 10.2. The van der Waals surface area contributed by atoms with E-state index in [0.29, 0.717) is 44.9 Å². The molecule has 5 N–H and O–H groups in total. The van der Waals surface area contributed by atoms with Crippen molar-refractivity contribution in [3.8, 4) is 11.8 Å². The number of carbonyl (C=O) groups excluding carboxylic acids is 2. The Morgan fingerprint density at radius 1 is 1.03 bits per heavy atom. The highest BCUT2D eigenvalue weighted by Crippen LogP contribution is 2.22. The quantitative estimate of drug-likeness (QED) is 0.263. The number of nitrogens with two attached hydrogens (primary N) is 1. The number of halogens is 3. The lowest BCUT2D eigenvalue weighted by Gasteiger charge is -2.00. The van der Waals surface area contributed by atoms with Crippen LogP contribution in [-0.2, 0) is 6.42 Å². The first-order valence-corrected chi connectivity index (χ1v) is 12.0. The molecule has 6 nitrogen and oxygen atoms in total. The van der Waals surface area contributed by atoms with E-state index in [0.717, 1.165) is 17.2 Å². The highest BCUT2D eigenvalue weighted by Gasteiger charge is 2.09. The van der Waals surface area contributed by atoms with Gasteiger partial charge in [0.1, 0.15) is 0 Å². The Morgan fingerprint density at radius 3 is 2.32 bits per heavy atom. The van der Waals surface area contributed by atoms with E-state index in [1.165, 1.54) is 6.07 Å². The zero-order valence-corrected chi connectivity index (χ0v) is 21.5. The van der Waals surface area contributed by atoms with Crippen LogP contribution in [0.3, 0.4) is 0 Å². The van der Waals surface area contributed by atoms with Crippen molar-refractivity contribution >= 4 is 38.6 Å². The van der Waals surface area contributed by atoms with Crippen molar-refractivity contribution in [1.29, 1.82) is 0 Å². The molecule has 0 aliphatic heterocycles. The molecule has 0 aliphatic rings. The van der Waals surface area contributed by atoms with Gasteiger partial charge in [0.2, 0.25) is 5.91 Å². The van der Waals surface area contributed by atoms with Crippen LogP contribution in [0.4, 0.5) is 8.78 Å². The first kappa shape index (κ1) is 27.6. The van der Waals surface area contributed by atoms with E-state index >= 15 is 0 Å². The maximum absolute atomic E-state index is 13.0. The number of aliphatic hydroxyl groups excluding tert-OH is 1. The number of hydrogen-bond acceptors (Lipinski definition) is 3. The third-order valence-electron chi connectivity index (χ3n) is 5.37. The van der Waals surface area contributed by atoms with Gasteiger partial charge in [0, 0.05) is 58.0 Å². The minimum absolute atomic E-state index is 0.0936. The molecule has 2 amide bonds. The summed E-state index contributed by atoms with van der Waals surface area (Å²) in [6.45, 7) is 0.0936. The maximum atomic E-state index is 13.0. The smallest absolute Gasteiger partial charge is 0.251 e. The second-order valence-electron chi connectivity index (χ2n) is 7.92. The average Bonchev–Trinajstić information content (AvgIpc) is 3.28. The fourth-order valence-electron chi connectivity index (χ4n) is 3.44. The van der Waals surface area contributed by atoms with Crippen LogP contribution in [0.25, 0.3) is 10.9 Å². The van der Waals surface area contributed by atoms with Crippen molar-refractivity contribution < 1.29 is 23.5 Å². The predicted molar refractivity (Wildman–Crippen MR) is 142 cm³/mol. The summed E-state index contributed by atoms with van der Waals surface area (Å²) in [5.41, 5.74) is 9.21.